The third-order valence-corrected chi connectivity index (χ3v) is 2.20. The average molecular weight is 218 g/mol. The quantitative estimate of drug-likeness (QED) is 0.623. The molecule has 1 aromatic heterocycles. The minimum atomic E-state index is -0.421. The number of nitrogen functional groups attached to an aromatic ring is 1. The highest BCUT2D eigenvalue weighted by Gasteiger charge is 2.06. The first-order chi connectivity index (χ1) is 7.66. The summed E-state index contributed by atoms with van der Waals surface area (Å²) >= 11 is 0. The minimum absolute atomic E-state index is 0.0724. The Morgan fingerprint density at radius 1 is 1.44 bits per heavy atom. The number of nitro benzene ring substituents is 1. The Labute approximate surface area is 91.5 Å². The fourth-order valence-electron chi connectivity index (χ4n) is 1.42. The second kappa shape index (κ2) is 4.01. The number of benzene rings is 1. The van der Waals surface area contributed by atoms with Gasteiger partial charge >= 0.3 is 0 Å². The predicted molar refractivity (Wildman–Crippen MR) is 58.8 cm³/mol. The van der Waals surface area contributed by atoms with Crippen molar-refractivity contribution < 1.29 is 4.92 Å². The number of nitrogens with two attached hydrogens (primary N) is 1. The fourth-order valence-corrected chi connectivity index (χ4v) is 1.42. The molecule has 0 atom stereocenters. The van der Waals surface area contributed by atoms with Crippen molar-refractivity contribution in [2.45, 2.75) is 6.54 Å². The minimum Gasteiger partial charge on any atom is -0.384 e. The number of rotatable bonds is 3. The van der Waals surface area contributed by atoms with Crippen molar-refractivity contribution in [3.05, 3.63) is 52.2 Å². The van der Waals surface area contributed by atoms with Crippen LogP contribution in [0.4, 0.5) is 11.5 Å². The molecule has 0 radical (unpaired) electrons. The number of hydrogen-bond donors (Lipinski definition) is 1. The van der Waals surface area contributed by atoms with Crippen LogP contribution in [0.15, 0.2) is 36.5 Å². The van der Waals surface area contributed by atoms with E-state index in [4.69, 9.17) is 5.73 Å². The van der Waals surface area contributed by atoms with E-state index < -0.39 is 4.92 Å². The fraction of sp³-hybridized carbons (Fsp3) is 0.100. The van der Waals surface area contributed by atoms with Gasteiger partial charge in [-0.3, -0.25) is 10.1 Å². The first kappa shape index (κ1) is 10.2. The Bertz CT molecular complexity index is 521. The number of aromatic nitrogens is 2. The second-order valence-electron chi connectivity index (χ2n) is 3.34. The molecule has 6 heteroatoms. The van der Waals surface area contributed by atoms with Crippen LogP contribution in [-0.4, -0.2) is 14.7 Å². The number of anilines is 1. The van der Waals surface area contributed by atoms with Crippen molar-refractivity contribution in [3.8, 4) is 0 Å². The smallest absolute Gasteiger partial charge is 0.269 e. The maximum absolute atomic E-state index is 10.6. The van der Waals surface area contributed by atoms with E-state index in [-0.39, 0.29) is 5.69 Å². The normalized spacial score (nSPS) is 10.2. The summed E-state index contributed by atoms with van der Waals surface area (Å²) in [5.41, 5.74) is 6.52. The van der Waals surface area contributed by atoms with Gasteiger partial charge in [-0.2, -0.15) is 5.10 Å². The van der Waals surface area contributed by atoms with Crippen molar-refractivity contribution in [2.75, 3.05) is 5.73 Å². The lowest BCUT2D eigenvalue weighted by Gasteiger charge is -2.03. The SMILES string of the molecule is Nc1ccnn1Cc1cccc([N+](=O)[O-])c1. The van der Waals surface area contributed by atoms with Crippen molar-refractivity contribution in [1.82, 2.24) is 9.78 Å². The molecule has 1 aromatic carbocycles. The van der Waals surface area contributed by atoms with Gasteiger partial charge in [0, 0.05) is 12.1 Å². The monoisotopic (exact) mass is 218 g/mol. The van der Waals surface area contributed by atoms with Gasteiger partial charge in [-0.25, -0.2) is 4.68 Å². The molecule has 2 rings (SSSR count). The summed E-state index contributed by atoms with van der Waals surface area (Å²) < 4.78 is 1.58. The van der Waals surface area contributed by atoms with Crippen LogP contribution >= 0.6 is 0 Å². The third-order valence-electron chi connectivity index (χ3n) is 2.20. The molecule has 2 N–H and O–H groups in total. The second-order valence-corrected chi connectivity index (χ2v) is 3.34. The van der Waals surface area contributed by atoms with E-state index in [1.807, 2.05) is 0 Å². The number of hydrogen-bond acceptors (Lipinski definition) is 4. The highest BCUT2D eigenvalue weighted by molar-refractivity contribution is 5.35. The molecular weight excluding hydrogens is 208 g/mol. The molecule has 0 unspecified atom stereocenters. The molecule has 0 bridgehead atoms. The molecule has 0 fully saturated rings. The van der Waals surface area contributed by atoms with Crippen LogP contribution in [-0.2, 0) is 6.54 Å². The standard InChI is InChI=1S/C10H10N4O2/c11-10-4-5-12-13(10)7-8-2-1-3-9(6-8)14(15)16/h1-6H,7,11H2. The topological polar surface area (TPSA) is 87.0 Å². The summed E-state index contributed by atoms with van der Waals surface area (Å²) in [7, 11) is 0. The van der Waals surface area contributed by atoms with Crippen molar-refractivity contribution in [3.63, 3.8) is 0 Å². The molecule has 0 spiro atoms. The maximum Gasteiger partial charge on any atom is 0.269 e. The summed E-state index contributed by atoms with van der Waals surface area (Å²) in [5.74, 6) is 0.534. The van der Waals surface area contributed by atoms with Crippen molar-refractivity contribution >= 4 is 11.5 Å². The van der Waals surface area contributed by atoms with Crippen LogP contribution in [0.5, 0.6) is 0 Å². The van der Waals surface area contributed by atoms with E-state index in [0.717, 1.165) is 5.56 Å². The van der Waals surface area contributed by atoms with Crippen LogP contribution in [0.25, 0.3) is 0 Å². The lowest BCUT2D eigenvalue weighted by Crippen LogP contribution is -2.05. The molecule has 0 aliphatic heterocycles. The molecule has 0 aliphatic rings. The van der Waals surface area contributed by atoms with E-state index in [1.165, 1.54) is 12.1 Å². The third kappa shape index (κ3) is 2.00. The van der Waals surface area contributed by atoms with E-state index in [1.54, 1.807) is 29.1 Å². The summed E-state index contributed by atoms with van der Waals surface area (Å²) in [6, 6.07) is 8.09. The summed E-state index contributed by atoms with van der Waals surface area (Å²) in [4.78, 5) is 10.2. The molecule has 0 amide bonds. The molecule has 0 aliphatic carbocycles. The maximum atomic E-state index is 10.6. The van der Waals surface area contributed by atoms with Gasteiger partial charge in [0.15, 0.2) is 0 Å². The average Bonchev–Trinajstić information content (AvgIpc) is 2.65. The summed E-state index contributed by atoms with van der Waals surface area (Å²) in [6.45, 7) is 0.431. The molecule has 6 nitrogen and oxygen atoms in total. The van der Waals surface area contributed by atoms with Gasteiger partial charge in [-0.1, -0.05) is 12.1 Å². The molecule has 0 saturated carbocycles. The van der Waals surface area contributed by atoms with Gasteiger partial charge < -0.3 is 5.73 Å². The Kier molecular flexibility index (Phi) is 2.55. The number of nitro groups is 1. The molecule has 82 valence electrons. The van der Waals surface area contributed by atoms with Crippen LogP contribution in [0.1, 0.15) is 5.56 Å². The van der Waals surface area contributed by atoms with Crippen LogP contribution in [0, 0.1) is 10.1 Å². The van der Waals surface area contributed by atoms with Crippen LogP contribution < -0.4 is 5.73 Å². The van der Waals surface area contributed by atoms with Gasteiger partial charge in [0.25, 0.3) is 5.69 Å². The van der Waals surface area contributed by atoms with Crippen molar-refractivity contribution in [1.29, 1.82) is 0 Å². The Balaban J connectivity index is 2.25. The molecule has 0 saturated heterocycles. The van der Waals surface area contributed by atoms with Gasteiger partial charge in [-0.05, 0) is 11.6 Å². The Hall–Kier alpha value is -2.37. The number of nitrogens with zero attached hydrogens (tertiary/aromatic N) is 3. The van der Waals surface area contributed by atoms with E-state index in [0.29, 0.717) is 12.4 Å². The lowest BCUT2D eigenvalue weighted by molar-refractivity contribution is -0.384. The van der Waals surface area contributed by atoms with Gasteiger partial charge in [0.1, 0.15) is 5.82 Å². The van der Waals surface area contributed by atoms with Crippen molar-refractivity contribution in [2.24, 2.45) is 0 Å². The first-order valence-electron chi connectivity index (χ1n) is 4.67. The number of non-ortho nitro benzene ring substituents is 1. The van der Waals surface area contributed by atoms with Crippen LogP contribution in [0.2, 0.25) is 0 Å². The van der Waals surface area contributed by atoms with Gasteiger partial charge in [0.05, 0.1) is 17.7 Å². The zero-order valence-corrected chi connectivity index (χ0v) is 8.41. The largest absolute Gasteiger partial charge is 0.384 e. The van der Waals surface area contributed by atoms with E-state index in [2.05, 4.69) is 5.10 Å². The van der Waals surface area contributed by atoms with Gasteiger partial charge in [0.2, 0.25) is 0 Å². The van der Waals surface area contributed by atoms with Crippen LogP contribution in [0.3, 0.4) is 0 Å². The highest BCUT2D eigenvalue weighted by Crippen LogP contribution is 2.14. The molecule has 16 heavy (non-hydrogen) atoms. The Morgan fingerprint density at radius 2 is 2.25 bits per heavy atom. The lowest BCUT2D eigenvalue weighted by atomic mass is 10.2. The molecular formula is C10H10N4O2. The highest BCUT2D eigenvalue weighted by atomic mass is 16.6. The van der Waals surface area contributed by atoms with Gasteiger partial charge in [-0.15, -0.1) is 0 Å². The Morgan fingerprint density at radius 3 is 2.88 bits per heavy atom. The first-order valence-corrected chi connectivity index (χ1v) is 4.67. The predicted octanol–water partition coefficient (Wildman–Crippen LogP) is 1.42. The van der Waals surface area contributed by atoms with E-state index in [9.17, 15) is 10.1 Å². The van der Waals surface area contributed by atoms with E-state index >= 15 is 0 Å². The molecule has 1 heterocycles. The zero-order valence-electron chi connectivity index (χ0n) is 8.41. The summed E-state index contributed by atoms with van der Waals surface area (Å²) in [6.07, 6.45) is 1.59. The summed E-state index contributed by atoms with van der Waals surface area (Å²) in [5, 5.41) is 14.6. The zero-order chi connectivity index (χ0) is 11.5. The molecule has 2 aromatic rings.